The van der Waals surface area contributed by atoms with Crippen LogP contribution in [0.2, 0.25) is 0 Å². The zero-order chi connectivity index (χ0) is 29.6. The van der Waals surface area contributed by atoms with Crippen LogP contribution in [0.25, 0.3) is 0 Å². The predicted molar refractivity (Wildman–Crippen MR) is 164 cm³/mol. The molecule has 1 N–H and O–H groups in total. The summed E-state index contributed by atoms with van der Waals surface area (Å²) in [6.07, 6.45) is 1.80. The number of anilines is 3. The molecule has 3 heterocycles. The fourth-order valence-electron chi connectivity index (χ4n) is 5.99. The molecule has 3 aromatic carbocycles. The second-order valence-electron chi connectivity index (χ2n) is 11.1. The molecule has 0 bridgehead atoms. The lowest BCUT2D eigenvalue weighted by atomic mass is 10.1. The summed E-state index contributed by atoms with van der Waals surface area (Å²) in [6.45, 7) is 5.83. The van der Waals surface area contributed by atoms with Gasteiger partial charge in [0.05, 0.1) is 31.4 Å². The average Bonchev–Trinajstić information content (AvgIpc) is 3.49. The van der Waals surface area contributed by atoms with Gasteiger partial charge in [-0.2, -0.15) is 0 Å². The van der Waals surface area contributed by atoms with Crippen molar-refractivity contribution in [2.75, 3.05) is 80.9 Å². The number of amides is 1. The molecule has 3 aliphatic heterocycles. The highest BCUT2D eigenvalue weighted by Gasteiger charge is 2.30. The molecular weight excluding hydrogens is 551 g/mol. The minimum Gasteiger partial charge on any atom is -0.491 e. The molecule has 0 radical (unpaired) electrons. The Morgan fingerprint density at radius 3 is 2.72 bits per heavy atom. The standard InChI is InChI=1S/C33H39FN4O5/c1-40-16-3-13-36-15-17-41-32-11-10-29(19-31(32)36)42-23-27-20-35-21-33(39)38(27)25-6-8-28(9-7-25)43-30-12-14-37(22-30)26-5-2-4-24(34)18-26/h2,4-11,18-19,27,30,35H,3,12-17,20-23H2,1H3/t27?,30-/m0/s1. The van der Waals surface area contributed by atoms with Gasteiger partial charge in [-0.15, -0.1) is 0 Å². The van der Waals surface area contributed by atoms with Crippen LogP contribution in [0.1, 0.15) is 12.8 Å². The Balaban J connectivity index is 1.07. The number of fused-ring (bicyclic) bond motifs is 1. The molecule has 1 amide bonds. The molecule has 0 saturated carbocycles. The van der Waals surface area contributed by atoms with E-state index in [1.54, 1.807) is 19.2 Å². The molecule has 0 aromatic heterocycles. The maximum Gasteiger partial charge on any atom is 0.241 e. The molecule has 9 nitrogen and oxygen atoms in total. The van der Waals surface area contributed by atoms with Crippen LogP contribution in [0.5, 0.6) is 17.2 Å². The number of carbonyl (C=O) groups excluding carboxylic acids is 1. The molecule has 6 rings (SSSR count). The molecule has 2 atom stereocenters. The first-order valence-electron chi connectivity index (χ1n) is 15.0. The van der Waals surface area contributed by atoms with Crippen LogP contribution in [-0.4, -0.2) is 84.3 Å². The van der Waals surface area contributed by atoms with Gasteiger partial charge in [0, 0.05) is 57.2 Å². The summed E-state index contributed by atoms with van der Waals surface area (Å²) in [6, 6.07) is 20.1. The highest BCUT2D eigenvalue weighted by molar-refractivity contribution is 5.96. The van der Waals surface area contributed by atoms with Crippen LogP contribution in [0, 0.1) is 5.82 Å². The van der Waals surface area contributed by atoms with Gasteiger partial charge in [-0.05, 0) is 61.0 Å². The van der Waals surface area contributed by atoms with E-state index in [2.05, 4.69) is 15.1 Å². The van der Waals surface area contributed by atoms with Crippen molar-refractivity contribution in [3.8, 4) is 17.2 Å². The van der Waals surface area contributed by atoms with Gasteiger partial charge < -0.3 is 39.0 Å². The third-order valence-corrected chi connectivity index (χ3v) is 8.13. The van der Waals surface area contributed by atoms with Gasteiger partial charge in [0.2, 0.25) is 5.91 Å². The van der Waals surface area contributed by atoms with Crippen molar-refractivity contribution in [3.63, 3.8) is 0 Å². The van der Waals surface area contributed by atoms with Crippen LogP contribution in [-0.2, 0) is 9.53 Å². The first-order chi connectivity index (χ1) is 21.1. The van der Waals surface area contributed by atoms with E-state index in [9.17, 15) is 9.18 Å². The van der Waals surface area contributed by atoms with E-state index >= 15 is 0 Å². The van der Waals surface area contributed by atoms with Gasteiger partial charge >= 0.3 is 0 Å². The number of halogens is 1. The van der Waals surface area contributed by atoms with Gasteiger partial charge in [0.15, 0.2) is 0 Å². The van der Waals surface area contributed by atoms with Crippen LogP contribution >= 0.6 is 0 Å². The van der Waals surface area contributed by atoms with Gasteiger partial charge in [0.25, 0.3) is 0 Å². The second kappa shape index (κ2) is 13.5. The molecule has 3 aliphatic rings. The molecule has 10 heteroatoms. The minimum atomic E-state index is -0.235. The summed E-state index contributed by atoms with van der Waals surface area (Å²) >= 11 is 0. The molecule has 228 valence electrons. The lowest BCUT2D eigenvalue weighted by molar-refractivity contribution is -0.119. The van der Waals surface area contributed by atoms with Gasteiger partial charge in [-0.1, -0.05) is 6.07 Å². The zero-order valence-electron chi connectivity index (χ0n) is 24.5. The van der Waals surface area contributed by atoms with Crippen LogP contribution in [0.15, 0.2) is 66.7 Å². The number of nitrogens with one attached hydrogen (secondary N) is 1. The van der Waals surface area contributed by atoms with E-state index in [1.807, 2.05) is 53.4 Å². The Morgan fingerprint density at radius 1 is 1.02 bits per heavy atom. The molecule has 2 fully saturated rings. The Labute approximate surface area is 252 Å². The summed E-state index contributed by atoms with van der Waals surface area (Å²) in [5, 5.41) is 3.22. The van der Waals surface area contributed by atoms with E-state index in [0.717, 1.165) is 66.8 Å². The largest absolute Gasteiger partial charge is 0.491 e. The highest BCUT2D eigenvalue weighted by atomic mass is 19.1. The minimum absolute atomic E-state index is 0.00166. The molecular formula is C33H39FN4O5. The quantitative estimate of drug-likeness (QED) is 0.335. The van der Waals surface area contributed by atoms with Crippen molar-refractivity contribution in [2.45, 2.75) is 25.0 Å². The number of hydrogen-bond acceptors (Lipinski definition) is 8. The number of rotatable bonds is 11. The van der Waals surface area contributed by atoms with Crippen LogP contribution < -0.4 is 34.2 Å². The molecule has 1 unspecified atom stereocenters. The summed E-state index contributed by atoms with van der Waals surface area (Å²) in [4.78, 5) is 19.3. The van der Waals surface area contributed by atoms with Gasteiger partial charge in [-0.3, -0.25) is 4.79 Å². The van der Waals surface area contributed by atoms with Gasteiger partial charge in [-0.25, -0.2) is 4.39 Å². The van der Waals surface area contributed by atoms with Crippen molar-refractivity contribution < 1.29 is 28.1 Å². The first-order valence-corrected chi connectivity index (χ1v) is 15.0. The number of ether oxygens (including phenoxy) is 4. The number of methoxy groups -OCH3 is 1. The molecule has 0 spiro atoms. The van der Waals surface area contributed by atoms with E-state index in [4.69, 9.17) is 18.9 Å². The normalized spacial score (nSPS) is 20.1. The smallest absolute Gasteiger partial charge is 0.241 e. The van der Waals surface area contributed by atoms with Crippen molar-refractivity contribution in [1.29, 1.82) is 0 Å². The SMILES string of the molecule is COCCCN1CCOc2ccc(OCC3CNCC(=O)N3c3ccc(O[C@H]4CCN(c5cccc(F)c5)C4)cc3)cc21. The van der Waals surface area contributed by atoms with E-state index < -0.39 is 0 Å². The van der Waals surface area contributed by atoms with E-state index in [-0.39, 0.29) is 30.4 Å². The Kier molecular flexibility index (Phi) is 9.14. The third-order valence-electron chi connectivity index (χ3n) is 8.13. The van der Waals surface area contributed by atoms with Crippen molar-refractivity contribution in [3.05, 3.63) is 72.5 Å². The lowest BCUT2D eigenvalue weighted by Gasteiger charge is -2.36. The van der Waals surface area contributed by atoms with E-state index in [0.29, 0.717) is 32.9 Å². The second-order valence-corrected chi connectivity index (χ2v) is 11.1. The number of hydrogen-bond donors (Lipinski definition) is 1. The molecule has 2 saturated heterocycles. The number of nitrogens with zero attached hydrogens (tertiary/aromatic N) is 3. The number of benzene rings is 3. The van der Waals surface area contributed by atoms with Crippen molar-refractivity contribution in [2.24, 2.45) is 0 Å². The molecule has 3 aromatic rings. The first kappa shape index (κ1) is 29.1. The maximum absolute atomic E-state index is 13.7. The summed E-state index contributed by atoms with van der Waals surface area (Å²) in [5.41, 5.74) is 2.70. The molecule has 0 aliphatic carbocycles. The summed E-state index contributed by atoms with van der Waals surface area (Å²) in [5.74, 6) is 2.11. The fraction of sp³-hybridized carbons (Fsp3) is 0.424. The third kappa shape index (κ3) is 6.97. The summed E-state index contributed by atoms with van der Waals surface area (Å²) in [7, 11) is 1.72. The van der Waals surface area contributed by atoms with E-state index in [1.165, 1.54) is 6.07 Å². The Hall–Kier alpha value is -4.02. The van der Waals surface area contributed by atoms with Gasteiger partial charge in [0.1, 0.15) is 42.4 Å². The average molecular weight is 591 g/mol. The topological polar surface area (TPSA) is 75.7 Å². The number of piperazine rings is 1. The van der Waals surface area contributed by atoms with Crippen molar-refractivity contribution in [1.82, 2.24) is 5.32 Å². The fourth-order valence-corrected chi connectivity index (χ4v) is 5.99. The highest BCUT2D eigenvalue weighted by Crippen LogP contribution is 2.35. The molecule has 43 heavy (non-hydrogen) atoms. The van der Waals surface area contributed by atoms with Crippen LogP contribution in [0.3, 0.4) is 0 Å². The van der Waals surface area contributed by atoms with Crippen LogP contribution in [0.4, 0.5) is 21.5 Å². The number of carbonyl (C=O) groups is 1. The Morgan fingerprint density at radius 2 is 1.88 bits per heavy atom. The maximum atomic E-state index is 13.7. The van der Waals surface area contributed by atoms with Crippen molar-refractivity contribution >= 4 is 23.0 Å². The zero-order valence-corrected chi connectivity index (χ0v) is 24.5. The monoisotopic (exact) mass is 590 g/mol. The predicted octanol–water partition coefficient (Wildman–Crippen LogP) is 4.10. The summed E-state index contributed by atoms with van der Waals surface area (Å²) < 4.78 is 37.3. The lowest BCUT2D eigenvalue weighted by Crippen LogP contribution is -2.57. The Bertz CT molecular complexity index is 1390.